The Hall–Kier alpha value is -0.820. The van der Waals surface area contributed by atoms with Crippen LogP contribution in [0.25, 0.3) is 0 Å². The molecule has 2 rings (SSSR count). The maximum Gasteiger partial charge on any atom is 0.193 e. The highest BCUT2D eigenvalue weighted by Crippen LogP contribution is 2.20. The monoisotopic (exact) mass is 473 g/mol. The molecule has 1 N–H and O–H groups in total. The van der Waals surface area contributed by atoms with E-state index in [0.717, 1.165) is 45.2 Å². The SMILES string of the molecule is CCNC(=NCCC(C)(C)C)N1CCC(COCc2ccccc2)C1.I. The van der Waals surface area contributed by atoms with Crippen LogP contribution in [-0.4, -0.2) is 43.6 Å². The molecule has 1 fully saturated rings. The number of rotatable bonds is 7. The lowest BCUT2D eigenvalue weighted by atomic mass is 9.92. The van der Waals surface area contributed by atoms with E-state index in [2.05, 4.69) is 62.2 Å². The molecule has 0 bridgehead atoms. The van der Waals surface area contributed by atoms with E-state index in [-0.39, 0.29) is 24.0 Å². The summed E-state index contributed by atoms with van der Waals surface area (Å²) in [7, 11) is 0. The van der Waals surface area contributed by atoms with Crippen molar-refractivity contribution < 1.29 is 4.74 Å². The van der Waals surface area contributed by atoms with Crippen LogP contribution in [0.4, 0.5) is 0 Å². The van der Waals surface area contributed by atoms with Gasteiger partial charge in [-0.2, -0.15) is 0 Å². The summed E-state index contributed by atoms with van der Waals surface area (Å²) in [5.41, 5.74) is 1.58. The van der Waals surface area contributed by atoms with Crippen LogP contribution in [0, 0.1) is 11.3 Å². The normalized spacial score (nSPS) is 17.9. The number of nitrogens with one attached hydrogen (secondary N) is 1. The smallest absolute Gasteiger partial charge is 0.193 e. The summed E-state index contributed by atoms with van der Waals surface area (Å²) < 4.78 is 5.93. The van der Waals surface area contributed by atoms with Crippen LogP contribution in [-0.2, 0) is 11.3 Å². The van der Waals surface area contributed by atoms with Crippen LogP contribution in [0.3, 0.4) is 0 Å². The Labute approximate surface area is 176 Å². The molecule has 0 spiro atoms. The van der Waals surface area contributed by atoms with Crippen molar-refractivity contribution in [3.8, 4) is 0 Å². The van der Waals surface area contributed by atoms with Crippen molar-refractivity contribution in [3.63, 3.8) is 0 Å². The van der Waals surface area contributed by atoms with Crippen molar-refractivity contribution in [1.29, 1.82) is 0 Å². The van der Waals surface area contributed by atoms with E-state index in [1.54, 1.807) is 0 Å². The van der Waals surface area contributed by atoms with Gasteiger partial charge in [0.25, 0.3) is 0 Å². The van der Waals surface area contributed by atoms with Gasteiger partial charge >= 0.3 is 0 Å². The molecule has 0 aromatic heterocycles. The van der Waals surface area contributed by atoms with Crippen molar-refractivity contribution in [2.45, 2.75) is 47.1 Å². The van der Waals surface area contributed by atoms with Gasteiger partial charge in [0.1, 0.15) is 0 Å². The van der Waals surface area contributed by atoms with Gasteiger partial charge in [0, 0.05) is 32.1 Å². The Bertz CT molecular complexity index is 528. The van der Waals surface area contributed by atoms with Gasteiger partial charge < -0.3 is 15.0 Å². The molecular formula is C21H36IN3O. The quantitative estimate of drug-likeness (QED) is 0.359. The minimum atomic E-state index is 0. The highest BCUT2D eigenvalue weighted by molar-refractivity contribution is 14.0. The van der Waals surface area contributed by atoms with Crippen LogP contribution < -0.4 is 5.32 Å². The van der Waals surface area contributed by atoms with E-state index >= 15 is 0 Å². The molecule has 26 heavy (non-hydrogen) atoms. The van der Waals surface area contributed by atoms with Crippen molar-refractivity contribution in [2.75, 3.05) is 32.8 Å². The molecule has 0 radical (unpaired) electrons. The summed E-state index contributed by atoms with van der Waals surface area (Å²) in [6.07, 6.45) is 2.29. The third-order valence-corrected chi connectivity index (χ3v) is 4.51. The van der Waals surface area contributed by atoms with E-state index in [4.69, 9.17) is 9.73 Å². The van der Waals surface area contributed by atoms with Gasteiger partial charge in [0.2, 0.25) is 0 Å². The average molecular weight is 473 g/mol. The maximum atomic E-state index is 5.93. The number of benzene rings is 1. The molecule has 0 amide bonds. The zero-order valence-corrected chi connectivity index (χ0v) is 19.2. The number of hydrogen-bond donors (Lipinski definition) is 1. The largest absolute Gasteiger partial charge is 0.376 e. The summed E-state index contributed by atoms with van der Waals surface area (Å²) in [6, 6.07) is 10.4. The van der Waals surface area contributed by atoms with E-state index < -0.39 is 0 Å². The standard InChI is InChI=1S/C21H35N3O.HI/c1-5-22-20(23-13-12-21(2,3)4)24-14-11-19(15-24)17-25-16-18-9-7-6-8-10-18;/h6-10,19H,5,11-17H2,1-4H3,(H,22,23);1H. The molecule has 1 unspecified atom stereocenters. The number of ether oxygens (including phenoxy) is 1. The van der Waals surface area contributed by atoms with E-state index in [1.807, 2.05) is 6.07 Å². The van der Waals surface area contributed by atoms with Crippen molar-refractivity contribution in [1.82, 2.24) is 10.2 Å². The topological polar surface area (TPSA) is 36.9 Å². The summed E-state index contributed by atoms with van der Waals surface area (Å²) in [5.74, 6) is 1.66. The third-order valence-electron chi connectivity index (χ3n) is 4.51. The minimum Gasteiger partial charge on any atom is -0.376 e. The molecule has 1 heterocycles. The predicted octanol–water partition coefficient (Wildman–Crippen LogP) is 4.54. The Morgan fingerprint density at radius 2 is 2.00 bits per heavy atom. The predicted molar refractivity (Wildman–Crippen MR) is 121 cm³/mol. The van der Waals surface area contributed by atoms with Crippen LogP contribution in [0.2, 0.25) is 0 Å². The van der Waals surface area contributed by atoms with Crippen LogP contribution in [0.5, 0.6) is 0 Å². The van der Waals surface area contributed by atoms with Gasteiger partial charge in [-0.1, -0.05) is 51.1 Å². The lowest BCUT2D eigenvalue weighted by Crippen LogP contribution is -2.40. The number of nitrogens with zero attached hydrogens (tertiary/aromatic N) is 2. The number of guanidine groups is 1. The first kappa shape index (κ1) is 23.2. The Balaban J connectivity index is 0.00000338. The number of aliphatic imine (C=N–C) groups is 1. The average Bonchev–Trinajstić information content (AvgIpc) is 3.03. The highest BCUT2D eigenvalue weighted by Gasteiger charge is 2.25. The summed E-state index contributed by atoms with van der Waals surface area (Å²) in [5, 5.41) is 3.45. The van der Waals surface area contributed by atoms with Gasteiger partial charge in [0.05, 0.1) is 13.2 Å². The molecular weight excluding hydrogens is 437 g/mol. The first-order valence-electron chi connectivity index (χ1n) is 9.63. The molecule has 1 aromatic rings. The minimum absolute atomic E-state index is 0. The number of likely N-dealkylation sites (tertiary alicyclic amines) is 1. The van der Waals surface area contributed by atoms with Gasteiger partial charge in [-0.25, -0.2) is 0 Å². The van der Waals surface area contributed by atoms with E-state index in [1.165, 1.54) is 12.0 Å². The summed E-state index contributed by atoms with van der Waals surface area (Å²) in [4.78, 5) is 7.23. The summed E-state index contributed by atoms with van der Waals surface area (Å²) >= 11 is 0. The van der Waals surface area contributed by atoms with E-state index in [0.29, 0.717) is 17.9 Å². The number of hydrogen-bond acceptors (Lipinski definition) is 2. The first-order chi connectivity index (χ1) is 12.0. The zero-order valence-electron chi connectivity index (χ0n) is 16.8. The molecule has 0 saturated carbocycles. The molecule has 1 aromatic carbocycles. The maximum absolute atomic E-state index is 5.93. The second-order valence-corrected chi connectivity index (χ2v) is 8.15. The molecule has 1 aliphatic rings. The van der Waals surface area contributed by atoms with Gasteiger partial charge in [0.15, 0.2) is 5.96 Å². The lowest BCUT2D eigenvalue weighted by Gasteiger charge is -2.23. The lowest BCUT2D eigenvalue weighted by molar-refractivity contribution is 0.0906. The second kappa shape index (κ2) is 11.8. The highest BCUT2D eigenvalue weighted by atomic mass is 127. The van der Waals surface area contributed by atoms with Gasteiger partial charge in [-0.15, -0.1) is 24.0 Å². The Morgan fingerprint density at radius 3 is 2.65 bits per heavy atom. The molecule has 1 aliphatic heterocycles. The molecule has 1 saturated heterocycles. The van der Waals surface area contributed by atoms with Crippen LogP contribution in [0.15, 0.2) is 35.3 Å². The van der Waals surface area contributed by atoms with Crippen molar-refractivity contribution in [2.24, 2.45) is 16.3 Å². The van der Waals surface area contributed by atoms with Crippen molar-refractivity contribution >= 4 is 29.9 Å². The fraction of sp³-hybridized carbons (Fsp3) is 0.667. The third kappa shape index (κ3) is 8.71. The number of halogens is 1. The fourth-order valence-electron chi connectivity index (χ4n) is 3.00. The van der Waals surface area contributed by atoms with E-state index in [9.17, 15) is 0 Å². The molecule has 4 nitrogen and oxygen atoms in total. The molecule has 0 aliphatic carbocycles. The first-order valence-corrected chi connectivity index (χ1v) is 9.63. The van der Waals surface area contributed by atoms with Crippen LogP contribution in [0.1, 0.15) is 46.1 Å². The summed E-state index contributed by atoms with van der Waals surface area (Å²) in [6.45, 7) is 14.4. The Kier molecular flexibility index (Phi) is 10.5. The van der Waals surface area contributed by atoms with Gasteiger partial charge in [-0.3, -0.25) is 4.99 Å². The Morgan fingerprint density at radius 1 is 1.27 bits per heavy atom. The van der Waals surface area contributed by atoms with Gasteiger partial charge in [-0.05, 0) is 30.7 Å². The molecule has 1 atom stereocenters. The van der Waals surface area contributed by atoms with Crippen molar-refractivity contribution in [3.05, 3.63) is 35.9 Å². The molecule has 148 valence electrons. The fourth-order valence-corrected chi connectivity index (χ4v) is 3.00. The zero-order chi connectivity index (χ0) is 18.1. The van der Waals surface area contributed by atoms with Crippen LogP contribution >= 0.6 is 24.0 Å². The second-order valence-electron chi connectivity index (χ2n) is 8.15. The molecule has 5 heteroatoms.